The molecule has 30 heavy (non-hydrogen) atoms. The summed E-state index contributed by atoms with van der Waals surface area (Å²) in [6, 6.07) is 0.280. The van der Waals surface area contributed by atoms with Crippen molar-refractivity contribution in [3.05, 3.63) is 51.6 Å². The fourth-order valence-electron chi connectivity index (χ4n) is 3.87. The maximum absolute atomic E-state index is 12.9. The molecule has 2 aromatic heterocycles. The summed E-state index contributed by atoms with van der Waals surface area (Å²) in [5, 5.41) is 12.2. The molecule has 1 amide bonds. The maximum Gasteiger partial charge on any atom is 0.256 e. The van der Waals surface area contributed by atoms with Crippen LogP contribution in [0, 0.1) is 6.92 Å². The Bertz CT molecular complexity index is 949. The highest BCUT2D eigenvalue weighted by molar-refractivity contribution is 7.11. The van der Waals surface area contributed by atoms with E-state index in [4.69, 9.17) is 0 Å². The molecule has 2 atom stereocenters. The number of rotatable bonds is 3. The molecule has 0 fully saturated rings. The Balaban J connectivity index is 0.000000589. The summed E-state index contributed by atoms with van der Waals surface area (Å²) >= 11 is 1.70. The highest BCUT2D eigenvalue weighted by Gasteiger charge is 2.37. The molecule has 2 aliphatic rings. The number of aryl methyl sites for hydroxylation is 1. The molecule has 2 unspecified atom stereocenters. The Morgan fingerprint density at radius 2 is 2.03 bits per heavy atom. The summed E-state index contributed by atoms with van der Waals surface area (Å²) in [5.74, 6) is 0.734. The Morgan fingerprint density at radius 3 is 2.60 bits per heavy atom. The Hall–Kier alpha value is -2.41. The first-order valence-corrected chi connectivity index (χ1v) is 11.4. The lowest BCUT2D eigenvalue weighted by atomic mass is 9.93. The Kier molecular flexibility index (Phi) is 6.81. The number of amides is 1. The minimum Gasteiger partial charge on any atom is -0.360 e. The van der Waals surface area contributed by atoms with E-state index in [1.54, 1.807) is 17.5 Å². The summed E-state index contributed by atoms with van der Waals surface area (Å²) in [4.78, 5) is 18.6. The van der Waals surface area contributed by atoms with Crippen LogP contribution in [0.3, 0.4) is 0 Å². The molecule has 1 aliphatic heterocycles. The van der Waals surface area contributed by atoms with E-state index in [-0.39, 0.29) is 23.5 Å². The van der Waals surface area contributed by atoms with Gasteiger partial charge in [-0.05, 0) is 60.8 Å². The zero-order chi connectivity index (χ0) is 21.9. The number of anilines is 1. The van der Waals surface area contributed by atoms with Crippen LogP contribution in [0.15, 0.2) is 36.2 Å². The average Bonchev–Trinajstić information content (AvgIpc) is 3.41. The second kappa shape index (κ2) is 9.16. The smallest absolute Gasteiger partial charge is 0.256 e. The monoisotopic (exact) mass is 427 g/mol. The van der Waals surface area contributed by atoms with Crippen molar-refractivity contribution >= 4 is 23.1 Å². The molecule has 3 heterocycles. The van der Waals surface area contributed by atoms with Crippen LogP contribution in [0.4, 0.5) is 5.82 Å². The van der Waals surface area contributed by atoms with Gasteiger partial charge in [-0.1, -0.05) is 23.8 Å². The summed E-state index contributed by atoms with van der Waals surface area (Å²) in [6.07, 6.45) is 12.5. The Morgan fingerprint density at radius 1 is 1.30 bits per heavy atom. The number of fused-ring (bicyclic) bond motifs is 1. The zero-order valence-corrected chi connectivity index (χ0v) is 19.6. The molecule has 0 bridgehead atoms. The normalized spacial score (nSPS) is 22.0. The van der Waals surface area contributed by atoms with Gasteiger partial charge in [-0.25, -0.2) is 9.67 Å². The van der Waals surface area contributed by atoms with Crippen LogP contribution in [0.1, 0.15) is 80.2 Å². The number of hydrogen-bond donors (Lipinski definition) is 2. The molecule has 7 heteroatoms. The zero-order valence-electron chi connectivity index (χ0n) is 18.8. The van der Waals surface area contributed by atoms with E-state index in [0.29, 0.717) is 5.56 Å². The number of nitrogens with one attached hydrogen (secondary N) is 2. The number of carbonyl (C=O) groups excluding carboxylic acids is 1. The number of thiazole rings is 1. The van der Waals surface area contributed by atoms with Gasteiger partial charge < -0.3 is 10.6 Å². The van der Waals surface area contributed by atoms with Crippen molar-refractivity contribution in [2.24, 2.45) is 0 Å². The lowest BCUT2D eigenvalue weighted by Crippen LogP contribution is -2.39. The van der Waals surface area contributed by atoms with Crippen molar-refractivity contribution in [2.45, 2.75) is 78.4 Å². The molecular formula is C23H33N5OS. The summed E-state index contributed by atoms with van der Waals surface area (Å²) in [5.41, 5.74) is 1.76. The highest BCUT2D eigenvalue weighted by atomic mass is 32.1. The number of nitrogens with zero attached hydrogens (tertiary/aromatic N) is 3. The largest absolute Gasteiger partial charge is 0.360 e. The molecule has 6 nitrogen and oxygen atoms in total. The fourth-order valence-corrected chi connectivity index (χ4v) is 4.69. The maximum atomic E-state index is 12.9. The molecule has 4 rings (SSSR count). The average molecular weight is 428 g/mol. The summed E-state index contributed by atoms with van der Waals surface area (Å²) in [6.45, 7) is 12.5. The third-order valence-electron chi connectivity index (χ3n) is 5.53. The first-order chi connectivity index (χ1) is 14.2. The number of carbonyl (C=O) groups is 1. The molecule has 2 N–H and O–H groups in total. The van der Waals surface area contributed by atoms with E-state index in [2.05, 4.69) is 54.5 Å². The van der Waals surface area contributed by atoms with Crippen molar-refractivity contribution in [2.75, 3.05) is 5.32 Å². The van der Waals surface area contributed by atoms with Gasteiger partial charge in [0.25, 0.3) is 5.91 Å². The second-order valence-electron chi connectivity index (χ2n) is 8.67. The quantitative estimate of drug-likeness (QED) is 0.647. The van der Waals surface area contributed by atoms with Gasteiger partial charge in [0, 0.05) is 17.1 Å². The van der Waals surface area contributed by atoms with Crippen molar-refractivity contribution in [3.8, 4) is 0 Å². The minimum atomic E-state index is -0.186. The van der Waals surface area contributed by atoms with Gasteiger partial charge in [0.1, 0.15) is 16.4 Å². The molecule has 2 aromatic rings. The Labute approximate surface area is 183 Å². The van der Waals surface area contributed by atoms with Gasteiger partial charge in [-0.2, -0.15) is 5.10 Å². The van der Waals surface area contributed by atoms with E-state index in [1.165, 1.54) is 10.5 Å². The SMILES string of the molecule is C/C=C\C.CC1=CCC(NC(=O)c2cnn3c2NC(c2ncc(C)s2)CC3(C)C)C1. The number of hydrogen-bond acceptors (Lipinski definition) is 5. The molecular weight excluding hydrogens is 394 g/mol. The van der Waals surface area contributed by atoms with Crippen LogP contribution in [-0.2, 0) is 5.54 Å². The van der Waals surface area contributed by atoms with Gasteiger partial charge in [0.15, 0.2) is 0 Å². The summed E-state index contributed by atoms with van der Waals surface area (Å²) < 4.78 is 1.94. The van der Waals surface area contributed by atoms with E-state index in [9.17, 15) is 4.79 Å². The number of aromatic nitrogens is 3. The van der Waals surface area contributed by atoms with E-state index >= 15 is 0 Å². The van der Waals surface area contributed by atoms with Crippen molar-refractivity contribution in [3.63, 3.8) is 0 Å². The van der Waals surface area contributed by atoms with Crippen molar-refractivity contribution < 1.29 is 4.79 Å². The topological polar surface area (TPSA) is 71.8 Å². The molecule has 1 aliphatic carbocycles. The van der Waals surface area contributed by atoms with Gasteiger partial charge >= 0.3 is 0 Å². The van der Waals surface area contributed by atoms with Crippen LogP contribution < -0.4 is 10.6 Å². The molecule has 0 saturated heterocycles. The van der Waals surface area contributed by atoms with Crippen LogP contribution in [0.2, 0.25) is 0 Å². The van der Waals surface area contributed by atoms with Gasteiger partial charge in [-0.3, -0.25) is 4.79 Å². The molecule has 0 radical (unpaired) electrons. The van der Waals surface area contributed by atoms with Crippen LogP contribution >= 0.6 is 11.3 Å². The minimum absolute atomic E-state index is 0.0568. The van der Waals surface area contributed by atoms with Gasteiger partial charge in [0.05, 0.1) is 17.8 Å². The first-order valence-electron chi connectivity index (χ1n) is 10.6. The van der Waals surface area contributed by atoms with Crippen molar-refractivity contribution in [1.82, 2.24) is 20.1 Å². The van der Waals surface area contributed by atoms with Gasteiger partial charge in [-0.15, -0.1) is 11.3 Å². The summed E-state index contributed by atoms with van der Waals surface area (Å²) in [7, 11) is 0. The van der Waals surface area contributed by atoms with E-state index < -0.39 is 0 Å². The lowest BCUT2D eigenvalue weighted by Gasteiger charge is -2.37. The van der Waals surface area contributed by atoms with Crippen LogP contribution in [-0.4, -0.2) is 26.7 Å². The third-order valence-corrected chi connectivity index (χ3v) is 6.55. The molecule has 0 saturated carbocycles. The molecule has 162 valence electrons. The van der Waals surface area contributed by atoms with Crippen molar-refractivity contribution in [1.29, 1.82) is 0 Å². The first kappa shape index (κ1) is 22.3. The van der Waals surface area contributed by atoms with Crippen LogP contribution in [0.25, 0.3) is 0 Å². The highest BCUT2D eigenvalue weighted by Crippen LogP contribution is 2.40. The number of allylic oxidation sites excluding steroid dienone is 2. The third kappa shape index (κ3) is 4.83. The fraction of sp³-hybridized carbons (Fsp3) is 0.522. The van der Waals surface area contributed by atoms with Gasteiger partial charge in [0.2, 0.25) is 0 Å². The van der Waals surface area contributed by atoms with E-state index in [0.717, 1.165) is 30.1 Å². The molecule has 0 spiro atoms. The standard InChI is InChI=1S/C19H25N5OS.C4H8/c1-11-5-6-13(7-11)22-17(25)14-10-21-24-16(14)23-15(8-19(24,3)4)18-20-9-12(2)26-18;1-3-4-2/h5,9-10,13,15,23H,6-8H2,1-4H3,(H,22,25);3-4H,1-2H3/b;4-3-. The van der Waals surface area contributed by atoms with Crippen LogP contribution in [0.5, 0.6) is 0 Å². The predicted octanol–water partition coefficient (Wildman–Crippen LogP) is 5.36. The predicted molar refractivity (Wildman–Crippen MR) is 124 cm³/mol. The lowest BCUT2D eigenvalue weighted by molar-refractivity contribution is 0.0939. The van der Waals surface area contributed by atoms with E-state index in [1.807, 2.05) is 36.9 Å². The molecule has 0 aromatic carbocycles. The second-order valence-corrected chi connectivity index (χ2v) is 9.93.